The van der Waals surface area contributed by atoms with Gasteiger partial charge in [-0.05, 0) is 43.0 Å². The van der Waals surface area contributed by atoms with E-state index in [1.165, 1.54) is 11.8 Å². The summed E-state index contributed by atoms with van der Waals surface area (Å²) in [6.07, 6.45) is 3.97. The molecule has 32 heavy (non-hydrogen) atoms. The van der Waals surface area contributed by atoms with Crippen molar-refractivity contribution in [3.05, 3.63) is 66.7 Å². The molecule has 0 N–H and O–H groups in total. The number of benzene rings is 2. The highest BCUT2D eigenvalue weighted by atomic mass is 32.2. The van der Waals surface area contributed by atoms with Gasteiger partial charge in [0, 0.05) is 17.5 Å². The predicted octanol–water partition coefficient (Wildman–Crippen LogP) is 5.05. The number of thioether (sulfide) groups is 1. The van der Waals surface area contributed by atoms with Gasteiger partial charge in [-0.2, -0.15) is 4.98 Å². The van der Waals surface area contributed by atoms with Crippen molar-refractivity contribution in [2.75, 3.05) is 17.8 Å². The third kappa shape index (κ3) is 4.31. The molecule has 1 atom stereocenters. The van der Waals surface area contributed by atoms with Gasteiger partial charge in [0.15, 0.2) is 5.69 Å². The molecule has 0 saturated heterocycles. The molecule has 0 unspecified atom stereocenters. The van der Waals surface area contributed by atoms with Gasteiger partial charge in [0.25, 0.3) is 0 Å². The predicted molar refractivity (Wildman–Crippen MR) is 125 cm³/mol. The minimum Gasteiger partial charge on any atom is -0.490 e. The minimum absolute atomic E-state index is 0.0391. The summed E-state index contributed by atoms with van der Waals surface area (Å²) in [6, 6.07) is 15.1. The molecule has 1 aromatic heterocycles. The Kier molecular flexibility index (Phi) is 6.70. The van der Waals surface area contributed by atoms with Gasteiger partial charge < -0.3 is 9.47 Å². The molecular formula is C24H24N4O3S. The average Bonchev–Trinajstić information content (AvgIpc) is 2.97. The number of carbonyl (C=O) groups is 1. The van der Waals surface area contributed by atoms with Crippen molar-refractivity contribution in [3.63, 3.8) is 0 Å². The highest BCUT2D eigenvalue weighted by molar-refractivity contribution is 7.98. The number of para-hydroxylation sites is 1. The van der Waals surface area contributed by atoms with Gasteiger partial charge in [0.05, 0.1) is 5.69 Å². The van der Waals surface area contributed by atoms with Crippen LogP contribution in [0, 0.1) is 0 Å². The molecule has 7 nitrogen and oxygen atoms in total. The van der Waals surface area contributed by atoms with E-state index >= 15 is 0 Å². The molecule has 4 rings (SSSR count). The van der Waals surface area contributed by atoms with Gasteiger partial charge in [-0.15, -0.1) is 10.2 Å². The van der Waals surface area contributed by atoms with Crippen molar-refractivity contribution >= 4 is 23.4 Å². The first kappa shape index (κ1) is 21.8. The Hall–Kier alpha value is -3.39. The smallest absolute Gasteiger partial charge is 0.247 e. The number of aromatic nitrogens is 3. The van der Waals surface area contributed by atoms with E-state index in [0.29, 0.717) is 35.5 Å². The lowest BCUT2D eigenvalue weighted by Gasteiger charge is -2.31. The van der Waals surface area contributed by atoms with Crippen molar-refractivity contribution in [1.82, 2.24) is 15.2 Å². The second-order valence-electron chi connectivity index (χ2n) is 7.12. The molecule has 2 heterocycles. The lowest BCUT2D eigenvalue weighted by molar-refractivity contribution is -0.120. The number of hydrogen-bond acceptors (Lipinski definition) is 7. The van der Waals surface area contributed by atoms with Crippen LogP contribution in [-0.2, 0) is 4.79 Å². The molecule has 2 aromatic carbocycles. The molecule has 0 spiro atoms. The number of amides is 1. The fraction of sp³-hybridized carbons (Fsp3) is 0.250. The Morgan fingerprint density at radius 2 is 2.00 bits per heavy atom. The van der Waals surface area contributed by atoms with Crippen LogP contribution in [0.2, 0.25) is 0 Å². The molecule has 3 aromatic rings. The summed E-state index contributed by atoms with van der Waals surface area (Å²) in [7, 11) is 0. The molecule has 8 heteroatoms. The molecule has 0 saturated carbocycles. The first-order chi connectivity index (χ1) is 15.7. The van der Waals surface area contributed by atoms with Crippen molar-refractivity contribution in [2.45, 2.75) is 31.1 Å². The van der Waals surface area contributed by atoms with E-state index in [2.05, 4.69) is 21.8 Å². The number of nitrogens with zero attached hydrogens (tertiary/aromatic N) is 4. The van der Waals surface area contributed by atoms with E-state index in [1.54, 1.807) is 11.0 Å². The van der Waals surface area contributed by atoms with Gasteiger partial charge in [-0.25, -0.2) is 0 Å². The zero-order valence-electron chi connectivity index (χ0n) is 18.0. The van der Waals surface area contributed by atoms with Crippen LogP contribution in [0.3, 0.4) is 0 Å². The topological polar surface area (TPSA) is 77.4 Å². The maximum absolute atomic E-state index is 13.3. The van der Waals surface area contributed by atoms with Crippen LogP contribution in [0.15, 0.2) is 66.3 Å². The van der Waals surface area contributed by atoms with E-state index in [4.69, 9.17) is 9.47 Å². The normalized spacial score (nSPS) is 14.6. The molecule has 1 aliphatic heterocycles. The largest absolute Gasteiger partial charge is 0.490 e. The molecule has 0 radical (unpaired) electrons. The van der Waals surface area contributed by atoms with E-state index in [0.717, 1.165) is 23.2 Å². The number of ether oxygens (including phenoxy) is 2. The van der Waals surface area contributed by atoms with Crippen LogP contribution in [0.1, 0.15) is 31.6 Å². The van der Waals surface area contributed by atoms with Gasteiger partial charge in [-0.1, -0.05) is 49.5 Å². The molecule has 164 valence electrons. The SMILES string of the molecule is C=CCOc1ccc([C@@H]2Oc3nc(SC)nnc3-c3ccccc3N2C(=O)CCC)cc1. The summed E-state index contributed by atoms with van der Waals surface area (Å²) in [4.78, 5) is 19.6. The van der Waals surface area contributed by atoms with Crippen LogP contribution >= 0.6 is 11.8 Å². The highest BCUT2D eigenvalue weighted by Crippen LogP contribution is 2.43. The first-order valence-electron chi connectivity index (χ1n) is 10.4. The summed E-state index contributed by atoms with van der Waals surface area (Å²) in [6.45, 7) is 6.07. The van der Waals surface area contributed by atoms with Gasteiger partial charge in [-0.3, -0.25) is 9.69 Å². The van der Waals surface area contributed by atoms with Gasteiger partial charge in [0.1, 0.15) is 12.4 Å². The summed E-state index contributed by atoms with van der Waals surface area (Å²) < 4.78 is 12.0. The Morgan fingerprint density at radius 3 is 2.72 bits per heavy atom. The first-order valence-corrected chi connectivity index (χ1v) is 11.6. The van der Waals surface area contributed by atoms with Crippen LogP contribution in [-0.4, -0.2) is 34.0 Å². The van der Waals surface area contributed by atoms with Crippen molar-refractivity contribution in [1.29, 1.82) is 0 Å². The lowest BCUT2D eigenvalue weighted by atomic mass is 10.1. The maximum Gasteiger partial charge on any atom is 0.247 e. The second kappa shape index (κ2) is 9.82. The maximum atomic E-state index is 13.3. The fourth-order valence-electron chi connectivity index (χ4n) is 3.50. The Labute approximate surface area is 191 Å². The Bertz CT molecular complexity index is 1120. The highest BCUT2D eigenvalue weighted by Gasteiger charge is 2.35. The number of fused-ring (bicyclic) bond motifs is 3. The molecule has 0 fully saturated rings. The standard InChI is InChI=1S/C24H24N4O3S/c1-4-8-20(29)28-19-10-7-6-9-18(19)21-22(25-24(32-3)27-26-21)31-23(28)16-11-13-17(14-12-16)30-15-5-2/h5-7,9-14,23H,2,4,8,15H2,1,3H3/t23-/m0/s1. The summed E-state index contributed by atoms with van der Waals surface area (Å²) in [5.74, 6) is 1.02. The van der Waals surface area contributed by atoms with Gasteiger partial charge in [0.2, 0.25) is 23.2 Å². The monoisotopic (exact) mass is 448 g/mol. The van der Waals surface area contributed by atoms with Crippen molar-refractivity contribution in [2.24, 2.45) is 0 Å². The second-order valence-corrected chi connectivity index (χ2v) is 7.90. The van der Waals surface area contributed by atoms with E-state index < -0.39 is 6.23 Å². The fourth-order valence-corrected chi connectivity index (χ4v) is 3.80. The summed E-state index contributed by atoms with van der Waals surface area (Å²) >= 11 is 1.38. The van der Waals surface area contributed by atoms with E-state index in [1.807, 2.05) is 61.7 Å². The minimum atomic E-state index is -0.712. The Morgan fingerprint density at radius 1 is 1.22 bits per heavy atom. The zero-order chi connectivity index (χ0) is 22.5. The number of hydrogen-bond donors (Lipinski definition) is 0. The molecule has 1 aliphatic rings. The third-order valence-electron chi connectivity index (χ3n) is 4.96. The third-order valence-corrected chi connectivity index (χ3v) is 5.50. The zero-order valence-corrected chi connectivity index (χ0v) is 18.8. The number of carbonyl (C=O) groups excluding carboxylic acids is 1. The van der Waals surface area contributed by atoms with Crippen LogP contribution < -0.4 is 14.4 Å². The molecule has 0 bridgehead atoms. The average molecular weight is 449 g/mol. The summed E-state index contributed by atoms with van der Waals surface area (Å²) in [5.41, 5.74) is 2.79. The summed E-state index contributed by atoms with van der Waals surface area (Å²) in [5, 5.41) is 9.07. The van der Waals surface area contributed by atoms with Crippen molar-refractivity contribution < 1.29 is 14.3 Å². The van der Waals surface area contributed by atoms with Gasteiger partial charge >= 0.3 is 0 Å². The van der Waals surface area contributed by atoms with E-state index in [-0.39, 0.29) is 5.91 Å². The quantitative estimate of drug-likeness (QED) is 0.370. The number of rotatable bonds is 7. The van der Waals surface area contributed by atoms with Crippen LogP contribution in [0.4, 0.5) is 5.69 Å². The lowest BCUT2D eigenvalue weighted by Crippen LogP contribution is -2.37. The molecule has 1 amide bonds. The number of anilines is 1. The Balaban J connectivity index is 1.86. The molecule has 0 aliphatic carbocycles. The van der Waals surface area contributed by atoms with Crippen molar-refractivity contribution in [3.8, 4) is 22.9 Å². The van der Waals surface area contributed by atoms with Crippen LogP contribution in [0.5, 0.6) is 11.6 Å². The molecular weight excluding hydrogens is 424 g/mol. The van der Waals surface area contributed by atoms with Crippen LogP contribution in [0.25, 0.3) is 11.3 Å². The van der Waals surface area contributed by atoms with E-state index in [9.17, 15) is 4.79 Å².